The van der Waals surface area contributed by atoms with E-state index < -0.39 is 17.8 Å². The molecule has 1 heterocycles. The summed E-state index contributed by atoms with van der Waals surface area (Å²) in [6, 6.07) is 3.52. The number of aliphatic carboxylic acids is 1. The Balaban J connectivity index is 1.80. The molecule has 0 radical (unpaired) electrons. The number of nitrogens with zero attached hydrogens (tertiary/aromatic N) is 1. The fourth-order valence-corrected chi connectivity index (χ4v) is 3.67. The van der Waals surface area contributed by atoms with Crippen LogP contribution in [0.25, 0.3) is 0 Å². The highest BCUT2D eigenvalue weighted by Crippen LogP contribution is 2.32. The number of carbonyl (C=O) groups excluding carboxylic acids is 1. The predicted molar refractivity (Wildman–Crippen MR) is 78.9 cm³/mol. The van der Waals surface area contributed by atoms with Crippen molar-refractivity contribution in [3.05, 3.63) is 35.1 Å². The zero-order valence-corrected chi connectivity index (χ0v) is 12.4. The molecular weight excluding hydrogens is 285 g/mol. The van der Waals surface area contributed by atoms with Gasteiger partial charge in [0.05, 0.1) is 6.54 Å². The van der Waals surface area contributed by atoms with Crippen LogP contribution in [0.3, 0.4) is 0 Å². The van der Waals surface area contributed by atoms with E-state index in [1.54, 1.807) is 6.07 Å². The molecule has 0 unspecified atom stereocenters. The summed E-state index contributed by atoms with van der Waals surface area (Å²) in [6.07, 6.45) is 5.96. The molecule has 1 aromatic rings. The van der Waals surface area contributed by atoms with Crippen LogP contribution in [-0.4, -0.2) is 27.9 Å². The summed E-state index contributed by atoms with van der Waals surface area (Å²) < 4.78 is 13.8. The fourth-order valence-electron chi connectivity index (χ4n) is 3.67. The average molecular weight is 305 g/mol. The van der Waals surface area contributed by atoms with Crippen molar-refractivity contribution in [3.63, 3.8) is 0 Å². The zero-order chi connectivity index (χ0) is 15.7. The zero-order valence-electron chi connectivity index (χ0n) is 12.4. The van der Waals surface area contributed by atoms with Gasteiger partial charge in [0.1, 0.15) is 11.9 Å². The third-order valence-electron chi connectivity index (χ3n) is 4.88. The van der Waals surface area contributed by atoms with Gasteiger partial charge in [0.15, 0.2) is 0 Å². The summed E-state index contributed by atoms with van der Waals surface area (Å²) >= 11 is 0. The molecule has 1 aliphatic heterocycles. The lowest BCUT2D eigenvalue weighted by atomic mass is 9.84. The molecule has 1 N–H and O–H groups in total. The largest absolute Gasteiger partial charge is 0.480 e. The smallest absolute Gasteiger partial charge is 0.326 e. The van der Waals surface area contributed by atoms with Gasteiger partial charge < -0.3 is 10.0 Å². The molecule has 22 heavy (non-hydrogen) atoms. The van der Waals surface area contributed by atoms with Gasteiger partial charge in [-0.1, -0.05) is 38.2 Å². The van der Waals surface area contributed by atoms with Crippen LogP contribution >= 0.6 is 0 Å². The molecule has 1 amide bonds. The maximum absolute atomic E-state index is 13.8. The molecule has 1 saturated carbocycles. The van der Waals surface area contributed by atoms with Crippen molar-refractivity contribution < 1.29 is 19.1 Å². The minimum atomic E-state index is -0.993. The molecule has 118 valence electrons. The monoisotopic (exact) mass is 305 g/mol. The average Bonchev–Trinajstić information content (AvgIpc) is 2.84. The third kappa shape index (κ3) is 2.72. The normalized spacial score (nSPS) is 20.0. The Hall–Kier alpha value is -1.91. The van der Waals surface area contributed by atoms with Crippen LogP contribution in [-0.2, 0) is 11.3 Å². The number of hydrogen-bond donors (Lipinski definition) is 1. The molecule has 1 fully saturated rings. The van der Waals surface area contributed by atoms with Gasteiger partial charge in [-0.2, -0.15) is 0 Å². The molecule has 1 aromatic carbocycles. The van der Waals surface area contributed by atoms with E-state index in [0.29, 0.717) is 23.5 Å². The van der Waals surface area contributed by atoms with Crippen LogP contribution in [0.15, 0.2) is 18.2 Å². The van der Waals surface area contributed by atoms with Crippen molar-refractivity contribution in [2.24, 2.45) is 5.92 Å². The number of fused-ring (bicyclic) bond motifs is 1. The summed E-state index contributed by atoms with van der Waals surface area (Å²) in [6.45, 7) is 0.0600. The highest BCUT2D eigenvalue weighted by molar-refractivity contribution is 6.00. The van der Waals surface area contributed by atoms with Crippen molar-refractivity contribution >= 4 is 11.9 Å². The van der Waals surface area contributed by atoms with Crippen molar-refractivity contribution in [2.45, 2.75) is 51.1 Å². The summed E-state index contributed by atoms with van der Waals surface area (Å²) in [5.74, 6) is -1.45. The lowest BCUT2D eigenvalue weighted by Crippen LogP contribution is -2.42. The van der Waals surface area contributed by atoms with Crippen molar-refractivity contribution in [1.82, 2.24) is 4.90 Å². The Labute approximate surface area is 128 Å². The molecule has 3 rings (SSSR count). The lowest BCUT2D eigenvalue weighted by Gasteiger charge is -2.29. The van der Waals surface area contributed by atoms with E-state index in [1.807, 2.05) is 0 Å². The van der Waals surface area contributed by atoms with Crippen LogP contribution < -0.4 is 0 Å². The molecule has 4 nitrogen and oxygen atoms in total. The molecule has 0 spiro atoms. The highest BCUT2D eigenvalue weighted by Gasteiger charge is 2.38. The van der Waals surface area contributed by atoms with Gasteiger partial charge in [0.25, 0.3) is 5.91 Å². The summed E-state index contributed by atoms with van der Waals surface area (Å²) in [5, 5.41) is 9.54. The summed E-state index contributed by atoms with van der Waals surface area (Å²) in [5.41, 5.74) is 0.622. The molecule has 5 heteroatoms. The SMILES string of the molecule is O=C(O)[C@H](CC1CCCCC1)N1Cc2c(F)cccc2C1=O. The van der Waals surface area contributed by atoms with E-state index in [4.69, 9.17) is 0 Å². The van der Waals surface area contributed by atoms with Gasteiger partial charge in [0, 0.05) is 11.1 Å². The fraction of sp³-hybridized carbons (Fsp3) is 0.529. The lowest BCUT2D eigenvalue weighted by molar-refractivity contribution is -0.143. The Morgan fingerprint density at radius 3 is 2.68 bits per heavy atom. The number of hydrogen-bond acceptors (Lipinski definition) is 2. The molecule has 1 aliphatic carbocycles. The highest BCUT2D eigenvalue weighted by atomic mass is 19.1. The molecule has 0 aromatic heterocycles. The maximum atomic E-state index is 13.8. The molecule has 2 aliphatic rings. The van der Waals surface area contributed by atoms with E-state index >= 15 is 0 Å². The predicted octanol–water partition coefficient (Wildman–Crippen LogP) is 3.21. The van der Waals surface area contributed by atoms with Gasteiger partial charge >= 0.3 is 5.97 Å². The maximum Gasteiger partial charge on any atom is 0.326 e. The van der Waals surface area contributed by atoms with Gasteiger partial charge in [-0.15, -0.1) is 0 Å². The van der Waals surface area contributed by atoms with Crippen LogP contribution in [0.1, 0.15) is 54.4 Å². The first kappa shape index (κ1) is 15.0. The van der Waals surface area contributed by atoms with Gasteiger partial charge in [0.2, 0.25) is 0 Å². The minimum Gasteiger partial charge on any atom is -0.480 e. The van der Waals surface area contributed by atoms with Gasteiger partial charge in [-0.25, -0.2) is 9.18 Å². The second kappa shape index (κ2) is 6.07. The van der Waals surface area contributed by atoms with E-state index in [0.717, 1.165) is 25.7 Å². The Kier molecular flexibility index (Phi) is 4.14. The van der Waals surface area contributed by atoms with Crippen LogP contribution in [0.2, 0.25) is 0 Å². The number of benzene rings is 1. The first-order valence-corrected chi connectivity index (χ1v) is 7.89. The first-order chi connectivity index (χ1) is 10.6. The molecular formula is C17H20FNO3. The Morgan fingerprint density at radius 2 is 2.05 bits per heavy atom. The summed E-state index contributed by atoms with van der Waals surface area (Å²) in [7, 11) is 0. The molecule has 0 bridgehead atoms. The van der Waals surface area contributed by atoms with Crippen molar-refractivity contribution in [1.29, 1.82) is 0 Å². The van der Waals surface area contributed by atoms with Crippen molar-refractivity contribution in [3.8, 4) is 0 Å². The first-order valence-electron chi connectivity index (χ1n) is 7.89. The molecule has 0 saturated heterocycles. The Morgan fingerprint density at radius 1 is 1.32 bits per heavy atom. The number of rotatable bonds is 4. The van der Waals surface area contributed by atoms with E-state index in [-0.39, 0.29) is 12.5 Å². The quantitative estimate of drug-likeness (QED) is 0.929. The second-order valence-electron chi connectivity index (χ2n) is 6.29. The number of carboxylic acid groups (broad SMARTS) is 1. The van der Waals surface area contributed by atoms with Gasteiger partial charge in [-0.05, 0) is 24.5 Å². The number of carboxylic acids is 1. The minimum absolute atomic E-state index is 0.0600. The molecule has 1 atom stereocenters. The van der Waals surface area contributed by atoms with E-state index in [1.165, 1.54) is 23.5 Å². The number of halogens is 1. The number of carbonyl (C=O) groups is 2. The van der Waals surface area contributed by atoms with Crippen molar-refractivity contribution in [2.75, 3.05) is 0 Å². The van der Waals surface area contributed by atoms with Crippen LogP contribution in [0.4, 0.5) is 4.39 Å². The van der Waals surface area contributed by atoms with Crippen LogP contribution in [0, 0.1) is 11.7 Å². The second-order valence-corrected chi connectivity index (χ2v) is 6.29. The van der Waals surface area contributed by atoms with E-state index in [9.17, 15) is 19.1 Å². The standard InChI is InChI=1S/C17H20FNO3/c18-14-8-4-7-12-13(14)10-19(16(12)20)15(17(21)22)9-11-5-2-1-3-6-11/h4,7-8,11,15H,1-3,5-6,9-10H2,(H,21,22)/t15-/m0/s1. The summed E-state index contributed by atoms with van der Waals surface area (Å²) in [4.78, 5) is 25.4. The van der Waals surface area contributed by atoms with Gasteiger partial charge in [-0.3, -0.25) is 4.79 Å². The number of amides is 1. The Bertz CT molecular complexity index is 596. The van der Waals surface area contributed by atoms with Crippen LogP contribution in [0.5, 0.6) is 0 Å². The van der Waals surface area contributed by atoms with E-state index in [2.05, 4.69) is 0 Å². The topological polar surface area (TPSA) is 57.6 Å². The third-order valence-corrected chi connectivity index (χ3v) is 4.88.